The molecule has 0 atom stereocenters. The Morgan fingerprint density at radius 1 is 1.37 bits per heavy atom. The van der Waals surface area contributed by atoms with Crippen molar-refractivity contribution in [2.75, 3.05) is 7.11 Å². The van der Waals surface area contributed by atoms with Gasteiger partial charge in [-0.25, -0.2) is 5.43 Å². The summed E-state index contributed by atoms with van der Waals surface area (Å²) in [6.07, 6.45) is 2.72. The van der Waals surface area contributed by atoms with Crippen LogP contribution in [0.4, 0.5) is 5.69 Å². The first-order valence-corrected chi connectivity index (χ1v) is 8.92. The molecule has 3 rings (SSSR count). The predicted octanol–water partition coefficient (Wildman–Crippen LogP) is 2.97. The SMILES string of the molecule is COc1cc(C=NNC(=O)c2ccn(Cc3ccc(Cl)cc3)n2)c(O)c([N+](=O)[O-])c1. The molecule has 154 valence electrons. The smallest absolute Gasteiger partial charge is 0.315 e. The summed E-state index contributed by atoms with van der Waals surface area (Å²) in [4.78, 5) is 22.5. The number of nitro groups is 1. The normalized spacial score (nSPS) is 10.9. The number of hydrogen-bond donors (Lipinski definition) is 2. The van der Waals surface area contributed by atoms with Crippen molar-refractivity contribution in [2.24, 2.45) is 5.10 Å². The number of halogens is 1. The molecule has 1 amide bonds. The van der Waals surface area contributed by atoms with Crippen LogP contribution in [0, 0.1) is 10.1 Å². The lowest BCUT2D eigenvalue weighted by Gasteiger charge is -2.04. The molecule has 0 saturated carbocycles. The minimum absolute atomic E-state index is 0.00891. The van der Waals surface area contributed by atoms with Gasteiger partial charge in [0.15, 0.2) is 5.69 Å². The lowest BCUT2D eigenvalue weighted by atomic mass is 10.1. The van der Waals surface area contributed by atoms with E-state index in [0.29, 0.717) is 11.6 Å². The summed E-state index contributed by atoms with van der Waals surface area (Å²) in [5.74, 6) is -1.02. The van der Waals surface area contributed by atoms with Gasteiger partial charge in [-0.3, -0.25) is 19.6 Å². The third kappa shape index (κ3) is 4.92. The fourth-order valence-electron chi connectivity index (χ4n) is 2.54. The molecular formula is C19H16ClN5O5. The summed E-state index contributed by atoms with van der Waals surface area (Å²) < 4.78 is 6.55. The van der Waals surface area contributed by atoms with Gasteiger partial charge in [0.05, 0.1) is 30.9 Å². The van der Waals surface area contributed by atoms with Gasteiger partial charge >= 0.3 is 5.69 Å². The van der Waals surface area contributed by atoms with E-state index >= 15 is 0 Å². The Morgan fingerprint density at radius 2 is 2.10 bits per heavy atom. The average molecular weight is 430 g/mol. The molecule has 0 saturated heterocycles. The number of hydrogen-bond acceptors (Lipinski definition) is 7. The summed E-state index contributed by atoms with van der Waals surface area (Å²) in [5, 5.41) is 29.5. The number of aromatic nitrogens is 2. The molecule has 3 aromatic rings. The molecule has 0 bridgehead atoms. The Kier molecular flexibility index (Phi) is 6.28. The highest BCUT2D eigenvalue weighted by Gasteiger charge is 2.19. The second kappa shape index (κ2) is 9.05. The number of nitrogens with zero attached hydrogens (tertiary/aromatic N) is 4. The van der Waals surface area contributed by atoms with Gasteiger partial charge in [0.2, 0.25) is 5.75 Å². The number of hydrazone groups is 1. The van der Waals surface area contributed by atoms with Crippen molar-refractivity contribution >= 4 is 29.4 Å². The highest BCUT2D eigenvalue weighted by Crippen LogP contribution is 2.33. The first kappa shape index (κ1) is 20.8. The van der Waals surface area contributed by atoms with Gasteiger partial charge in [-0.1, -0.05) is 23.7 Å². The van der Waals surface area contributed by atoms with Gasteiger partial charge in [0.1, 0.15) is 5.75 Å². The number of methoxy groups -OCH3 is 1. The van der Waals surface area contributed by atoms with Crippen LogP contribution in [-0.2, 0) is 6.54 Å². The average Bonchev–Trinajstić information content (AvgIpc) is 3.19. The van der Waals surface area contributed by atoms with E-state index < -0.39 is 22.3 Å². The monoisotopic (exact) mass is 429 g/mol. The van der Waals surface area contributed by atoms with Crippen LogP contribution < -0.4 is 10.2 Å². The first-order chi connectivity index (χ1) is 14.4. The van der Waals surface area contributed by atoms with E-state index in [0.717, 1.165) is 17.8 Å². The van der Waals surface area contributed by atoms with Crippen molar-refractivity contribution in [1.29, 1.82) is 0 Å². The number of benzene rings is 2. The molecule has 0 spiro atoms. The van der Waals surface area contributed by atoms with Crippen LogP contribution in [0.25, 0.3) is 0 Å². The Hall–Kier alpha value is -3.92. The molecule has 0 aliphatic carbocycles. The maximum Gasteiger partial charge on any atom is 0.315 e. The van der Waals surface area contributed by atoms with E-state index in [2.05, 4.69) is 15.6 Å². The van der Waals surface area contributed by atoms with Crippen LogP contribution in [0.1, 0.15) is 21.6 Å². The molecular weight excluding hydrogens is 414 g/mol. The quantitative estimate of drug-likeness (QED) is 0.337. The van der Waals surface area contributed by atoms with E-state index in [1.807, 2.05) is 12.1 Å². The van der Waals surface area contributed by atoms with Crippen molar-refractivity contribution in [3.05, 3.63) is 80.6 Å². The summed E-state index contributed by atoms with van der Waals surface area (Å²) in [5.41, 5.74) is 2.82. The van der Waals surface area contributed by atoms with Gasteiger partial charge in [-0.2, -0.15) is 10.2 Å². The van der Waals surface area contributed by atoms with E-state index in [9.17, 15) is 20.0 Å². The summed E-state index contributed by atoms with van der Waals surface area (Å²) in [6, 6.07) is 11.2. The summed E-state index contributed by atoms with van der Waals surface area (Å²) >= 11 is 5.86. The van der Waals surface area contributed by atoms with Crippen LogP contribution in [-0.4, -0.2) is 39.0 Å². The van der Waals surface area contributed by atoms with Crippen LogP contribution in [0.15, 0.2) is 53.8 Å². The number of phenolic OH excluding ortho intramolecular Hbond substituents is 1. The van der Waals surface area contributed by atoms with Gasteiger partial charge in [-0.15, -0.1) is 0 Å². The minimum Gasteiger partial charge on any atom is -0.502 e. The fraction of sp³-hybridized carbons (Fsp3) is 0.105. The van der Waals surface area contributed by atoms with Crippen molar-refractivity contribution in [2.45, 2.75) is 6.54 Å². The molecule has 2 aromatic carbocycles. The lowest BCUT2D eigenvalue weighted by Crippen LogP contribution is -2.18. The number of carbonyl (C=O) groups is 1. The number of ether oxygens (including phenoxy) is 1. The Balaban J connectivity index is 1.68. The third-order valence-corrected chi connectivity index (χ3v) is 4.28. The zero-order valence-electron chi connectivity index (χ0n) is 15.7. The molecule has 1 heterocycles. The van der Waals surface area contributed by atoms with Gasteiger partial charge in [0.25, 0.3) is 5.91 Å². The second-order valence-electron chi connectivity index (χ2n) is 6.07. The van der Waals surface area contributed by atoms with E-state index in [1.54, 1.807) is 23.0 Å². The fourth-order valence-corrected chi connectivity index (χ4v) is 2.66. The van der Waals surface area contributed by atoms with Gasteiger partial charge in [-0.05, 0) is 29.8 Å². The van der Waals surface area contributed by atoms with Crippen molar-refractivity contribution in [3.63, 3.8) is 0 Å². The maximum atomic E-state index is 12.2. The molecule has 0 fully saturated rings. The van der Waals surface area contributed by atoms with Gasteiger partial charge in [0, 0.05) is 16.8 Å². The number of nitrogens with one attached hydrogen (secondary N) is 1. The third-order valence-electron chi connectivity index (χ3n) is 4.03. The Morgan fingerprint density at radius 3 is 2.77 bits per heavy atom. The standard InChI is InChI=1S/C19H16ClN5O5/c1-30-15-8-13(18(26)17(9-15)25(28)29)10-21-22-19(27)16-6-7-24(23-16)11-12-2-4-14(20)5-3-12/h2-10,26H,11H2,1H3,(H,22,27). The second-order valence-corrected chi connectivity index (χ2v) is 6.50. The molecule has 0 radical (unpaired) electrons. The molecule has 30 heavy (non-hydrogen) atoms. The zero-order chi connectivity index (χ0) is 21.7. The van der Waals surface area contributed by atoms with Crippen LogP contribution in [0.5, 0.6) is 11.5 Å². The zero-order valence-corrected chi connectivity index (χ0v) is 16.4. The summed E-state index contributed by atoms with van der Waals surface area (Å²) in [7, 11) is 1.33. The minimum atomic E-state index is -0.749. The largest absolute Gasteiger partial charge is 0.502 e. The van der Waals surface area contributed by atoms with E-state index in [-0.39, 0.29) is 17.0 Å². The highest BCUT2D eigenvalue weighted by molar-refractivity contribution is 6.30. The number of phenols is 1. The van der Waals surface area contributed by atoms with Crippen molar-refractivity contribution < 1.29 is 19.6 Å². The van der Waals surface area contributed by atoms with E-state index in [4.69, 9.17) is 16.3 Å². The molecule has 2 N–H and O–H groups in total. The Labute approximate surface area is 175 Å². The number of rotatable bonds is 7. The predicted molar refractivity (Wildman–Crippen MR) is 109 cm³/mol. The number of aromatic hydroxyl groups is 1. The maximum absolute atomic E-state index is 12.2. The molecule has 0 aliphatic rings. The van der Waals surface area contributed by atoms with Gasteiger partial charge < -0.3 is 9.84 Å². The molecule has 0 aliphatic heterocycles. The van der Waals surface area contributed by atoms with Crippen LogP contribution in [0.3, 0.4) is 0 Å². The Bertz CT molecular complexity index is 1110. The summed E-state index contributed by atoms with van der Waals surface area (Å²) in [6.45, 7) is 0.453. The van der Waals surface area contributed by atoms with Crippen LogP contribution in [0.2, 0.25) is 5.02 Å². The number of amides is 1. The topological polar surface area (TPSA) is 132 Å². The first-order valence-electron chi connectivity index (χ1n) is 8.54. The van der Waals surface area contributed by atoms with Crippen molar-refractivity contribution in [1.82, 2.24) is 15.2 Å². The highest BCUT2D eigenvalue weighted by atomic mass is 35.5. The lowest BCUT2D eigenvalue weighted by molar-refractivity contribution is -0.385. The van der Waals surface area contributed by atoms with Crippen molar-refractivity contribution in [3.8, 4) is 11.5 Å². The van der Waals surface area contributed by atoms with E-state index in [1.165, 1.54) is 19.2 Å². The van der Waals surface area contributed by atoms with Crippen LogP contribution >= 0.6 is 11.6 Å². The molecule has 0 unspecified atom stereocenters. The molecule has 1 aromatic heterocycles. The number of nitro benzene ring substituents is 1. The number of carbonyl (C=O) groups excluding carboxylic acids is 1. The molecule has 11 heteroatoms. The molecule has 10 nitrogen and oxygen atoms in total.